The SMILES string of the molecule is O=S(=O)(NC1C2CCOC2C12CCCC2)[C@@H]1C[C@H]1c1ccccc1. The molecule has 0 radical (unpaired) electrons. The summed E-state index contributed by atoms with van der Waals surface area (Å²) in [7, 11) is -3.25. The zero-order chi connectivity index (χ0) is 16.4. The zero-order valence-electron chi connectivity index (χ0n) is 13.9. The molecule has 3 unspecified atom stereocenters. The van der Waals surface area contributed by atoms with Crippen LogP contribution in [0, 0.1) is 11.3 Å². The highest BCUT2D eigenvalue weighted by Crippen LogP contribution is 2.61. The number of benzene rings is 1. The monoisotopic (exact) mass is 347 g/mol. The van der Waals surface area contributed by atoms with E-state index < -0.39 is 10.0 Å². The maximum atomic E-state index is 13.0. The predicted molar refractivity (Wildman–Crippen MR) is 92.2 cm³/mol. The minimum Gasteiger partial charge on any atom is -0.377 e. The predicted octanol–water partition coefficient (Wildman–Crippen LogP) is 2.81. The third-order valence-corrected chi connectivity index (χ3v) is 8.84. The number of hydrogen-bond acceptors (Lipinski definition) is 3. The van der Waals surface area contributed by atoms with Crippen LogP contribution in [-0.2, 0) is 14.8 Å². The Morgan fingerprint density at radius 3 is 2.62 bits per heavy atom. The first-order valence-electron chi connectivity index (χ1n) is 9.29. The first kappa shape index (κ1) is 15.4. The molecule has 1 heterocycles. The molecule has 130 valence electrons. The number of nitrogens with one attached hydrogen (secondary N) is 1. The van der Waals surface area contributed by atoms with Gasteiger partial charge in [-0.25, -0.2) is 13.1 Å². The molecule has 1 N–H and O–H groups in total. The van der Waals surface area contributed by atoms with E-state index >= 15 is 0 Å². The van der Waals surface area contributed by atoms with Gasteiger partial charge in [-0.15, -0.1) is 0 Å². The van der Waals surface area contributed by atoms with Gasteiger partial charge in [-0.05, 0) is 31.2 Å². The maximum absolute atomic E-state index is 13.0. The van der Waals surface area contributed by atoms with Gasteiger partial charge in [-0.3, -0.25) is 0 Å². The normalized spacial score (nSPS) is 39.6. The number of ether oxygens (including phenoxy) is 1. The Morgan fingerprint density at radius 2 is 1.88 bits per heavy atom. The largest absolute Gasteiger partial charge is 0.377 e. The van der Waals surface area contributed by atoms with E-state index in [9.17, 15) is 8.42 Å². The van der Waals surface area contributed by atoms with Crippen LogP contribution in [0.25, 0.3) is 0 Å². The molecule has 4 nitrogen and oxygen atoms in total. The lowest BCUT2D eigenvalue weighted by atomic mass is 9.55. The van der Waals surface area contributed by atoms with Gasteiger partial charge in [-0.1, -0.05) is 43.2 Å². The third-order valence-electron chi connectivity index (χ3n) is 6.94. The van der Waals surface area contributed by atoms with Crippen molar-refractivity contribution in [1.29, 1.82) is 0 Å². The fourth-order valence-corrected chi connectivity index (χ4v) is 7.68. The van der Waals surface area contributed by atoms with Crippen molar-refractivity contribution < 1.29 is 13.2 Å². The molecule has 0 amide bonds. The van der Waals surface area contributed by atoms with Gasteiger partial charge in [-0.2, -0.15) is 0 Å². The summed E-state index contributed by atoms with van der Waals surface area (Å²) in [4.78, 5) is 0. The molecule has 5 atom stereocenters. The summed E-state index contributed by atoms with van der Waals surface area (Å²) in [6.45, 7) is 0.797. The lowest BCUT2D eigenvalue weighted by Gasteiger charge is -2.56. The molecule has 1 saturated heterocycles. The fourth-order valence-electron chi connectivity index (χ4n) is 5.69. The number of rotatable bonds is 4. The maximum Gasteiger partial charge on any atom is 0.215 e. The summed E-state index contributed by atoms with van der Waals surface area (Å²) in [6, 6.07) is 10.2. The summed E-state index contributed by atoms with van der Waals surface area (Å²) >= 11 is 0. The zero-order valence-corrected chi connectivity index (χ0v) is 14.7. The van der Waals surface area contributed by atoms with Crippen molar-refractivity contribution in [2.45, 2.75) is 61.8 Å². The highest BCUT2D eigenvalue weighted by atomic mass is 32.2. The minimum atomic E-state index is -3.25. The summed E-state index contributed by atoms with van der Waals surface area (Å²) in [5.74, 6) is 0.561. The molecule has 3 aliphatic carbocycles. The van der Waals surface area contributed by atoms with E-state index in [0.717, 1.165) is 37.9 Å². The van der Waals surface area contributed by atoms with E-state index in [1.807, 2.05) is 30.3 Å². The van der Waals surface area contributed by atoms with Gasteiger partial charge in [0.25, 0.3) is 0 Å². The summed E-state index contributed by atoms with van der Waals surface area (Å²) in [6.07, 6.45) is 6.72. The van der Waals surface area contributed by atoms with Crippen LogP contribution in [0.3, 0.4) is 0 Å². The van der Waals surface area contributed by atoms with E-state index in [0.29, 0.717) is 12.0 Å². The van der Waals surface area contributed by atoms with Crippen molar-refractivity contribution in [1.82, 2.24) is 4.72 Å². The van der Waals surface area contributed by atoms with Gasteiger partial charge in [0.15, 0.2) is 0 Å². The molecule has 1 aromatic rings. The lowest BCUT2D eigenvalue weighted by Crippen LogP contribution is -2.68. The fraction of sp³-hybridized carbons (Fsp3) is 0.684. The summed E-state index contributed by atoms with van der Waals surface area (Å²) in [5.41, 5.74) is 1.24. The quantitative estimate of drug-likeness (QED) is 0.911. The van der Waals surface area contributed by atoms with Gasteiger partial charge in [0.05, 0.1) is 11.4 Å². The van der Waals surface area contributed by atoms with Crippen LogP contribution < -0.4 is 4.72 Å². The third kappa shape index (κ3) is 2.14. The van der Waals surface area contributed by atoms with Crippen LogP contribution in [0.4, 0.5) is 0 Å². The van der Waals surface area contributed by atoms with Crippen LogP contribution in [0.15, 0.2) is 30.3 Å². The van der Waals surface area contributed by atoms with E-state index in [1.165, 1.54) is 12.8 Å². The average Bonchev–Trinajstić information content (AvgIpc) is 3.04. The Morgan fingerprint density at radius 1 is 1.12 bits per heavy atom. The molecule has 5 heteroatoms. The lowest BCUT2D eigenvalue weighted by molar-refractivity contribution is -0.123. The van der Waals surface area contributed by atoms with Crippen molar-refractivity contribution in [2.24, 2.45) is 11.3 Å². The number of hydrogen-bond donors (Lipinski definition) is 1. The molecular weight excluding hydrogens is 322 g/mol. The van der Waals surface area contributed by atoms with Crippen molar-refractivity contribution in [3.8, 4) is 0 Å². The summed E-state index contributed by atoms with van der Waals surface area (Å²) in [5, 5.41) is -0.250. The van der Waals surface area contributed by atoms with Gasteiger partial charge in [0, 0.05) is 29.9 Å². The molecule has 1 spiro atoms. The van der Waals surface area contributed by atoms with E-state index in [1.54, 1.807) is 0 Å². The van der Waals surface area contributed by atoms with Gasteiger partial charge in [0.2, 0.25) is 10.0 Å². The Hall–Kier alpha value is -0.910. The van der Waals surface area contributed by atoms with Crippen molar-refractivity contribution in [3.63, 3.8) is 0 Å². The van der Waals surface area contributed by atoms with Crippen LogP contribution in [-0.4, -0.2) is 32.4 Å². The molecule has 0 bridgehead atoms. The highest BCUT2D eigenvalue weighted by Gasteiger charge is 2.66. The molecule has 5 rings (SSSR count). The smallest absolute Gasteiger partial charge is 0.215 e. The van der Waals surface area contributed by atoms with Crippen molar-refractivity contribution in [3.05, 3.63) is 35.9 Å². The van der Waals surface area contributed by atoms with Crippen molar-refractivity contribution >= 4 is 10.0 Å². The molecule has 4 aliphatic rings. The van der Waals surface area contributed by atoms with Crippen LogP contribution in [0.2, 0.25) is 0 Å². The molecule has 0 aromatic heterocycles. The van der Waals surface area contributed by atoms with E-state index in [2.05, 4.69) is 4.72 Å². The van der Waals surface area contributed by atoms with Gasteiger partial charge < -0.3 is 4.74 Å². The van der Waals surface area contributed by atoms with Crippen LogP contribution in [0.5, 0.6) is 0 Å². The Kier molecular flexibility index (Phi) is 3.39. The first-order chi connectivity index (χ1) is 11.6. The Labute approximate surface area is 144 Å². The Balaban J connectivity index is 1.34. The highest BCUT2D eigenvalue weighted by molar-refractivity contribution is 7.90. The van der Waals surface area contributed by atoms with Crippen molar-refractivity contribution in [2.75, 3.05) is 6.61 Å². The molecule has 1 aliphatic heterocycles. The molecule has 24 heavy (non-hydrogen) atoms. The molecule has 4 fully saturated rings. The minimum absolute atomic E-state index is 0.0887. The molecule has 1 aromatic carbocycles. The van der Waals surface area contributed by atoms with Crippen LogP contribution in [0.1, 0.15) is 50.0 Å². The standard InChI is InChI=1S/C19H25NO3S/c21-24(22,16-12-15(16)13-6-2-1-3-7-13)20-17-14-8-11-23-18(14)19(17)9-4-5-10-19/h1-3,6-7,14-18,20H,4-5,8-12H2/t14?,15-,16+,17?,18?/m0/s1. The summed E-state index contributed by atoms with van der Waals surface area (Å²) < 4.78 is 35.0. The number of sulfonamides is 1. The van der Waals surface area contributed by atoms with E-state index in [4.69, 9.17) is 4.74 Å². The van der Waals surface area contributed by atoms with Gasteiger partial charge >= 0.3 is 0 Å². The first-order valence-corrected chi connectivity index (χ1v) is 10.8. The second kappa shape index (κ2) is 5.29. The number of fused-ring (bicyclic) bond motifs is 2. The average molecular weight is 347 g/mol. The van der Waals surface area contributed by atoms with Crippen LogP contribution >= 0.6 is 0 Å². The Bertz CT molecular complexity index is 726. The topological polar surface area (TPSA) is 55.4 Å². The van der Waals surface area contributed by atoms with E-state index in [-0.39, 0.29) is 22.6 Å². The second-order valence-electron chi connectivity index (χ2n) is 8.12. The van der Waals surface area contributed by atoms with Gasteiger partial charge in [0.1, 0.15) is 0 Å². The second-order valence-corrected chi connectivity index (χ2v) is 10.0. The molecule has 3 saturated carbocycles. The molecular formula is C19H25NO3S.